The van der Waals surface area contributed by atoms with E-state index in [9.17, 15) is 19.2 Å². The smallest absolute Gasteiger partial charge is 0.420 e. The van der Waals surface area contributed by atoms with E-state index < -0.39 is 49.6 Å². The molecule has 3 amide bonds. The van der Waals surface area contributed by atoms with Crippen molar-refractivity contribution in [2.75, 3.05) is 13.2 Å². The van der Waals surface area contributed by atoms with Crippen LogP contribution >= 0.6 is 0 Å². The Hall–Kier alpha value is -3.96. The number of benzene rings is 2. The molecule has 2 rings (SSSR count). The fraction of sp³-hybridized carbons (Fsp3) is 0.486. The van der Waals surface area contributed by atoms with Crippen molar-refractivity contribution in [1.82, 2.24) is 4.90 Å². The Labute approximate surface area is 274 Å². The zero-order valence-electron chi connectivity index (χ0n) is 28.6. The molecule has 0 aliphatic heterocycles. The van der Waals surface area contributed by atoms with Crippen LogP contribution in [0.15, 0.2) is 72.8 Å². The molecule has 0 bridgehead atoms. The van der Waals surface area contributed by atoms with E-state index in [0.717, 1.165) is 16.4 Å². The van der Waals surface area contributed by atoms with Gasteiger partial charge in [-0.25, -0.2) is 14.4 Å². The summed E-state index contributed by atoms with van der Waals surface area (Å²) >= 11 is 0. The third-order valence-electron chi connectivity index (χ3n) is 6.71. The van der Waals surface area contributed by atoms with E-state index in [2.05, 4.69) is 45.0 Å². The first-order chi connectivity index (χ1) is 21.3. The zero-order valence-corrected chi connectivity index (χ0v) is 29.6. The summed E-state index contributed by atoms with van der Waals surface area (Å²) in [6.07, 6.45) is 0.512. The van der Waals surface area contributed by atoms with Gasteiger partial charge in [0.25, 0.3) is 8.32 Å². The number of amides is 3. The first kappa shape index (κ1) is 38.2. The lowest BCUT2D eigenvalue weighted by Gasteiger charge is -2.43. The number of esters is 1. The van der Waals surface area contributed by atoms with Gasteiger partial charge in [-0.1, -0.05) is 87.5 Å². The van der Waals surface area contributed by atoms with Gasteiger partial charge in [0.2, 0.25) is 5.91 Å². The molecule has 0 radical (unpaired) electrons. The van der Waals surface area contributed by atoms with Crippen molar-refractivity contribution in [3.8, 4) is 0 Å². The summed E-state index contributed by atoms with van der Waals surface area (Å²) in [7, 11) is -2.92. The molecule has 0 fully saturated rings. The molecule has 0 saturated carbocycles. The third-order valence-corrected chi connectivity index (χ3v) is 11.8. The van der Waals surface area contributed by atoms with Gasteiger partial charge in [0, 0.05) is 0 Å². The number of rotatable bonds is 12. The normalized spacial score (nSPS) is 13.2. The number of hydrogen-bond acceptors (Lipinski definition) is 8. The Bertz CT molecular complexity index is 1300. The number of nitrogens with zero attached hydrogens (tertiary/aromatic N) is 1. The molecule has 252 valence electrons. The number of carbonyl (C=O) groups is 4. The highest BCUT2D eigenvalue weighted by Crippen LogP contribution is 2.36. The minimum Gasteiger partial charge on any atom is -0.458 e. The van der Waals surface area contributed by atoms with E-state index in [1.54, 1.807) is 41.5 Å². The molecule has 2 aromatic rings. The highest BCUT2D eigenvalue weighted by atomic mass is 28.4. The fourth-order valence-corrected chi connectivity index (χ4v) is 9.52. The number of primary amides is 1. The number of allylic oxidation sites excluding steroid dienone is 1. The molecule has 2 aromatic carbocycles. The van der Waals surface area contributed by atoms with Crippen LogP contribution in [0, 0.1) is 0 Å². The average Bonchev–Trinajstić information content (AvgIpc) is 2.92. The van der Waals surface area contributed by atoms with Gasteiger partial charge in [-0.2, -0.15) is 4.90 Å². The molecular weight excluding hydrogens is 604 g/mol. The van der Waals surface area contributed by atoms with Gasteiger partial charge >= 0.3 is 18.2 Å². The summed E-state index contributed by atoms with van der Waals surface area (Å²) < 4.78 is 23.5. The lowest BCUT2D eigenvalue weighted by molar-refractivity contribution is -0.161. The predicted octanol–water partition coefficient (Wildman–Crippen LogP) is 5.47. The predicted molar refractivity (Wildman–Crippen MR) is 180 cm³/mol. The molecule has 46 heavy (non-hydrogen) atoms. The molecule has 2 N–H and O–H groups in total. The van der Waals surface area contributed by atoms with Crippen molar-refractivity contribution < 1.29 is 37.8 Å². The molecule has 0 heterocycles. The Morgan fingerprint density at radius 1 is 0.761 bits per heavy atom. The van der Waals surface area contributed by atoms with Crippen molar-refractivity contribution >= 4 is 42.8 Å². The molecule has 11 heteroatoms. The maximum Gasteiger partial charge on any atom is 0.420 e. The second kappa shape index (κ2) is 16.0. The zero-order chi connectivity index (χ0) is 34.8. The van der Waals surface area contributed by atoms with E-state index in [0.29, 0.717) is 4.90 Å². The molecule has 10 nitrogen and oxygen atoms in total. The van der Waals surface area contributed by atoms with Crippen LogP contribution in [0.3, 0.4) is 0 Å². The van der Waals surface area contributed by atoms with Crippen LogP contribution in [0.4, 0.5) is 9.59 Å². The Balaban J connectivity index is 2.41. The summed E-state index contributed by atoms with van der Waals surface area (Å²) in [4.78, 5) is 52.3. The van der Waals surface area contributed by atoms with Gasteiger partial charge in [-0.15, -0.1) is 0 Å². The van der Waals surface area contributed by atoms with Crippen molar-refractivity contribution in [3.63, 3.8) is 0 Å². The first-order valence-electron chi connectivity index (χ1n) is 15.4. The van der Waals surface area contributed by atoms with Gasteiger partial charge in [-0.3, -0.25) is 4.79 Å². The quantitative estimate of drug-likeness (QED) is 0.105. The van der Waals surface area contributed by atoms with Crippen LogP contribution < -0.4 is 16.1 Å². The van der Waals surface area contributed by atoms with E-state index in [4.69, 9.17) is 24.4 Å². The van der Waals surface area contributed by atoms with Crippen LogP contribution in [-0.4, -0.2) is 67.7 Å². The van der Waals surface area contributed by atoms with E-state index in [1.807, 2.05) is 36.4 Å². The van der Waals surface area contributed by atoms with E-state index >= 15 is 0 Å². The summed E-state index contributed by atoms with van der Waals surface area (Å²) in [6.45, 7) is 16.2. The second-order valence-electron chi connectivity index (χ2n) is 13.9. The van der Waals surface area contributed by atoms with E-state index in [-0.39, 0.29) is 31.1 Å². The molecule has 0 aliphatic rings. The van der Waals surface area contributed by atoms with Crippen molar-refractivity contribution in [1.29, 1.82) is 0 Å². The van der Waals surface area contributed by atoms with E-state index in [1.165, 1.54) is 6.08 Å². The number of hydrogen-bond donors (Lipinski definition) is 1. The monoisotopic (exact) mass is 654 g/mol. The highest BCUT2D eigenvalue weighted by molar-refractivity contribution is 6.99. The maximum absolute atomic E-state index is 13.6. The maximum atomic E-state index is 13.6. The standard InChI is InChI=1S/C35H50N2O8Si/c1-33(2,3)44-30(39)28(22-16-17-23-29(36)38)37(32(41)45-34(4,5)6)31(40)42-24-25-43-46(35(7,8)9,26-18-12-10-13-19-26)27-20-14-11-15-21-27/h10-15,17-21,23,28H,16,22,24-25H2,1-9H3,(H2,36,38). The Kier molecular flexibility index (Phi) is 13.3. The third kappa shape index (κ3) is 11.1. The van der Waals surface area contributed by atoms with Gasteiger partial charge in [0.1, 0.15) is 23.9 Å². The molecule has 0 saturated heterocycles. The van der Waals surface area contributed by atoms with Crippen LogP contribution in [0.2, 0.25) is 5.04 Å². The largest absolute Gasteiger partial charge is 0.458 e. The average molecular weight is 655 g/mol. The Morgan fingerprint density at radius 2 is 1.26 bits per heavy atom. The van der Waals surface area contributed by atoms with Gasteiger partial charge in [-0.05, 0) is 75.9 Å². The SMILES string of the molecule is CC(C)(C)OC(=O)C(CCC=CC(N)=O)N(C(=O)OCCO[Si](c1ccccc1)(c1ccccc1)C(C)(C)C)C(=O)OC(C)(C)C. The lowest BCUT2D eigenvalue weighted by atomic mass is 10.1. The van der Waals surface area contributed by atoms with Crippen LogP contribution in [0.1, 0.15) is 75.2 Å². The number of ether oxygens (including phenoxy) is 3. The van der Waals surface area contributed by atoms with Gasteiger partial charge < -0.3 is 24.4 Å². The summed E-state index contributed by atoms with van der Waals surface area (Å²) in [5.41, 5.74) is 3.30. The van der Waals surface area contributed by atoms with Crippen LogP contribution in [-0.2, 0) is 28.2 Å². The number of nitrogens with two attached hydrogens (primary N) is 1. The van der Waals surface area contributed by atoms with Crippen molar-refractivity contribution in [2.45, 2.75) is 97.4 Å². The van der Waals surface area contributed by atoms with Crippen LogP contribution in [0.5, 0.6) is 0 Å². The summed E-state index contributed by atoms with van der Waals surface area (Å²) in [6, 6.07) is 18.6. The topological polar surface area (TPSA) is 134 Å². The molecular formula is C35H50N2O8Si. The number of imide groups is 1. The molecule has 0 aromatic heterocycles. The Morgan fingerprint density at radius 3 is 1.70 bits per heavy atom. The van der Waals surface area contributed by atoms with Crippen molar-refractivity contribution in [3.05, 3.63) is 72.8 Å². The fourth-order valence-electron chi connectivity index (χ4n) is 4.97. The molecule has 1 atom stereocenters. The second-order valence-corrected chi connectivity index (χ2v) is 18.2. The minimum atomic E-state index is -2.92. The lowest BCUT2D eigenvalue weighted by Crippen LogP contribution is -2.66. The van der Waals surface area contributed by atoms with Crippen molar-refractivity contribution in [2.24, 2.45) is 5.73 Å². The minimum absolute atomic E-state index is 0.0274. The molecule has 0 spiro atoms. The first-order valence-corrected chi connectivity index (χ1v) is 17.3. The van der Waals surface area contributed by atoms with Gasteiger partial charge in [0.05, 0.1) is 6.61 Å². The number of carbonyl (C=O) groups excluding carboxylic acids is 4. The van der Waals surface area contributed by atoms with Crippen LogP contribution in [0.25, 0.3) is 0 Å². The highest BCUT2D eigenvalue weighted by Gasteiger charge is 2.50. The van der Waals surface area contributed by atoms with Gasteiger partial charge in [0.15, 0.2) is 0 Å². The summed E-state index contributed by atoms with van der Waals surface area (Å²) in [5.74, 6) is -1.50. The summed E-state index contributed by atoms with van der Waals surface area (Å²) in [5, 5.41) is 1.82. The molecule has 0 aliphatic carbocycles. The molecule has 1 unspecified atom stereocenters.